The Morgan fingerprint density at radius 1 is 1.17 bits per heavy atom. The molecule has 7 heteroatoms. The zero-order chi connectivity index (χ0) is 17.2. The Morgan fingerprint density at radius 2 is 1.92 bits per heavy atom. The maximum Gasteiger partial charge on any atom is 0.223 e. The highest BCUT2D eigenvalue weighted by atomic mass is 19.1. The summed E-state index contributed by atoms with van der Waals surface area (Å²) in [4.78, 5) is 10.2. The predicted octanol–water partition coefficient (Wildman–Crippen LogP) is 1.60. The van der Waals surface area contributed by atoms with Crippen LogP contribution in [-0.2, 0) is 6.42 Å². The maximum atomic E-state index is 13.4. The summed E-state index contributed by atoms with van der Waals surface area (Å²) in [7, 11) is 0. The molecule has 1 aromatic heterocycles. The average Bonchev–Trinajstić information content (AvgIpc) is 2.54. The van der Waals surface area contributed by atoms with Crippen LogP contribution in [0.3, 0.4) is 0 Å². The van der Waals surface area contributed by atoms with Gasteiger partial charge in [-0.3, -0.25) is 0 Å². The molecule has 1 fully saturated rings. The molecule has 0 unspecified atom stereocenters. The normalized spacial score (nSPS) is 17.0. The van der Waals surface area contributed by atoms with Crippen LogP contribution in [0.4, 0.5) is 22.0 Å². The number of anilines is 3. The molecule has 6 nitrogen and oxygen atoms in total. The van der Waals surface area contributed by atoms with Crippen molar-refractivity contribution in [1.29, 1.82) is 0 Å². The third-order valence-corrected chi connectivity index (χ3v) is 4.70. The van der Waals surface area contributed by atoms with Crippen LogP contribution in [0.25, 0.3) is 0 Å². The van der Waals surface area contributed by atoms with Crippen molar-refractivity contribution in [2.24, 2.45) is 5.41 Å². The van der Waals surface area contributed by atoms with Gasteiger partial charge in [0.15, 0.2) is 0 Å². The van der Waals surface area contributed by atoms with Crippen LogP contribution >= 0.6 is 0 Å². The molecule has 0 spiro atoms. The lowest BCUT2D eigenvalue weighted by Crippen LogP contribution is -2.43. The highest BCUT2D eigenvalue weighted by Crippen LogP contribution is 2.36. The Morgan fingerprint density at radius 3 is 2.54 bits per heavy atom. The topological polar surface area (TPSA) is 101 Å². The number of halogens is 1. The Balaban J connectivity index is 1.71. The van der Waals surface area contributed by atoms with E-state index in [0.717, 1.165) is 31.5 Å². The molecule has 2 heterocycles. The van der Waals surface area contributed by atoms with Gasteiger partial charge in [-0.25, -0.2) is 4.39 Å². The number of benzene rings is 1. The molecule has 128 valence electrons. The fraction of sp³-hybridized carbons (Fsp3) is 0.412. The fourth-order valence-electron chi connectivity index (χ4n) is 3.31. The summed E-state index contributed by atoms with van der Waals surface area (Å²) >= 11 is 0. The van der Waals surface area contributed by atoms with E-state index in [-0.39, 0.29) is 23.8 Å². The number of aliphatic hydroxyl groups excluding tert-OH is 1. The van der Waals surface area contributed by atoms with Gasteiger partial charge in [0.25, 0.3) is 0 Å². The SMILES string of the molecule is Nc1cc(N2CCC(CO)(Cc3cccc(F)c3)CC2)nc(N)n1. The smallest absolute Gasteiger partial charge is 0.223 e. The minimum absolute atomic E-state index is 0.0748. The van der Waals surface area contributed by atoms with Crippen LogP contribution in [0.2, 0.25) is 0 Å². The quantitative estimate of drug-likeness (QED) is 0.787. The van der Waals surface area contributed by atoms with Gasteiger partial charge in [-0.2, -0.15) is 9.97 Å². The molecule has 0 saturated carbocycles. The molecule has 1 aliphatic rings. The molecule has 0 amide bonds. The van der Waals surface area contributed by atoms with Gasteiger partial charge in [0.2, 0.25) is 5.95 Å². The first kappa shape index (κ1) is 16.4. The third kappa shape index (κ3) is 3.56. The van der Waals surface area contributed by atoms with Gasteiger partial charge < -0.3 is 21.5 Å². The summed E-state index contributed by atoms with van der Waals surface area (Å²) in [5.41, 5.74) is 12.1. The highest BCUT2D eigenvalue weighted by Gasteiger charge is 2.34. The van der Waals surface area contributed by atoms with Crippen molar-refractivity contribution in [3.05, 3.63) is 41.7 Å². The molecule has 0 atom stereocenters. The van der Waals surface area contributed by atoms with E-state index in [1.165, 1.54) is 12.1 Å². The van der Waals surface area contributed by atoms with Gasteiger partial charge in [0, 0.05) is 31.2 Å². The van der Waals surface area contributed by atoms with E-state index in [1.807, 2.05) is 6.07 Å². The van der Waals surface area contributed by atoms with Crippen molar-refractivity contribution in [1.82, 2.24) is 9.97 Å². The van der Waals surface area contributed by atoms with Crippen LogP contribution in [0, 0.1) is 11.2 Å². The lowest BCUT2D eigenvalue weighted by molar-refractivity contribution is 0.0960. The van der Waals surface area contributed by atoms with Crippen LogP contribution in [0.5, 0.6) is 0 Å². The van der Waals surface area contributed by atoms with Gasteiger partial charge in [-0.15, -0.1) is 0 Å². The lowest BCUT2D eigenvalue weighted by Gasteiger charge is -2.41. The van der Waals surface area contributed by atoms with Crippen molar-refractivity contribution in [3.63, 3.8) is 0 Å². The Kier molecular flexibility index (Phi) is 4.53. The van der Waals surface area contributed by atoms with Crippen molar-refractivity contribution in [2.45, 2.75) is 19.3 Å². The minimum Gasteiger partial charge on any atom is -0.396 e. The maximum absolute atomic E-state index is 13.4. The van der Waals surface area contributed by atoms with Crippen LogP contribution < -0.4 is 16.4 Å². The van der Waals surface area contributed by atoms with Gasteiger partial charge in [-0.1, -0.05) is 12.1 Å². The summed E-state index contributed by atoms with van der Waals surface area (Å²) in [6, 6.07) is 8.28. The molecule has 0 aliphatic carbocycles. The summed E-state index contributed by atoms with van der Waals surface area (Å²) in [6.45, 7) is 1.53. The summed E-state index contributed by atoms with van der Waals surface area (Å²) in [6.07, 6.45) is 2.22. The third-order valence-electron chi connectivity index (χ3n) is 4.70. The number of piperidine rings is 1. The van der Waals surface area contributed by atoms with Gasteiger partial charge >= 0.3 is 0 Å². The van der Waals surface area contributed by atoms with E-state index >= 15 is 0 Å². The molecule has 1 aliphatic heterocycles. The Labute approximate surface area is 140 Å². The van der Waals surface area contributed by atoms with Gasteiger partial charge in [0.1, 0.15) is 17.5 Å². The summed E-state index contributed by atoms with van der Waals surface area (Å²) in [5, 5.41) is 9.94. The van der Waals surface area contributed by atoms with Crippen molar-refractivity contribution < 1.29 is 9.50 Å². The molecule has 0 radical (unpaired) electrons. The largest absolute Gasteiger partial charge is 0.396 e. The monoisotopic (exact) mass is 331 g/mol. The second-order valence-electron chi connectivity index (χ2n) is 6.46. The number of aromatic nitrogens is 2. The minimum atomic E-state index is -0.245. The average molecular weight is 331 g/mol. The van der Waals surface area contributed by atoms with Crippen molar-refractivity contribution in [3.8, 4) is 0 Å². The summed E-state index contributed by atoms with van der Waals surface area (Å²) < 4.78 is 13.4. The molecular formula is C17H22FN5O. The van der Waals surface area contributed by atoms with Crippen LogP contribution in [0.1, 0.15) is 18.4 Å². The number of nitrogen functional groups attached to an aromatic ring is 2. The first-order valence-corrected chi connectivity index (χ1v) is 8.00. The van der Waals surface area contributed by atoms with E-state index in [2.05, 4.69) is 14.9 Å². The second kappa shape index (κ2) is 6.60. The molecule has 5 N–H and O–H groups in total. The van der Waals surface area contributed by atoms with Crippen LogP contribution in [0.15, 0.2) is 30.3 Å². The molecule has 24 heavy (non-hydrogen) atoms. The number of nitrogens with two attached hydrogens (primary N) is 2. The van der Waals surface area contributed by atoms with E-state index in [4.69, 9.17) is 11.5 Å². The van der Waals surface area contributed by atoms with Crippen molar-refractivity contribution in [2.75, 3.05) is 36.1 Å². The zero-order valence-electron chi connectivity index (χ0n) is 13.5. The fourth-order valence-corrected chi connectivity index (χ4v) is 3.31. The van der Waals surface area contributed by atoms with E-state index < -0.39 is 0 Å². The van der Waals surface area contributed by atoms with E-state index in [0.29, 0.717) is 18.1 Å². The molecule has 3 rings (SSSR count). The lowest BCUT2D eigenvalue weighted by atomic mass is 9.74. The highest BCUT2D eigenvalue weighted by molar-refractivity contribution is 5.50. The number of aliphatic hydroxyl groups is 1. The molecular weight excluding hydrogens is 309 g/mol. The summed E-state index contributed by atoms with van der Waals surface area (Å²) in [5.74, 6) is 0.960. The van der Waals surface area contributed by atoms with E-state index in [1.54, 1.807) is 12.1 Å². The molecule has 1 aromatic carbocycles. The Hall–Kier alpha value is -2.41. The number of rotatable bonds is 4. The predicted molar refractivity (Wildman–Crippen MR) is 91.9 cm³/mol. The number of hydrogen-bond acceptors (Lipinski definition) is 6. The number of nitrogens with zero attached hydrogens (tertiary/aromatic N) is 3. The van der Waals surface area contributed by atoms with Gasteiger partial charge in [-0.05, 0) is 37.0 Å². The molecule has 2 aromatic rings. The zero-order valence-corrected chi connectivity index (χ0v) is 13.5. The van der Waals surface area contributed by atoms with E-state index in [9.17, 15) is 9.50 Å². The van der Waals surface area contributed by atoms with Crippen molar-refractivity contribution >= 4 is 17.6 Å². The first-order valence-electron chi connectivity index (χ1n) is 8.00. The Bertz CT molecular complexity index is 696. The standard InChI is InChI=1S/C17H22FN5O/c18-13-3-1-2-12(8-13)10-17(11-24)4-6-23(7-5-17)15-9-14(19)21-16(20)22-15/h1-3,8-9,24H,4-7,10-11H2,(H4,19,20,21,22). The second-order valence-corrected chi connectivity index (χ2v) is 6.46. The first-order chi connectivity index (χ1) is 11.5. The van der Waals surface area contributed by atoms with Gasteiger partial charge in [0.05, 0.1) is 0 Å². The molecule has 0 bridgehead atoms. The van der Waals surface area contributed by atoms with Crippen LogP contribution in [-0.4, -0.2) is 34.8 Å². The number of hydrogen-bond donors (Lipinski definition) is 3. The molecule has 1 saturated heterocycles.